The predicted octanol–water partition coefficient (Wildman–Crippen LogP) is 1.66. The van der Waals surface area contributed by atoms with E-state index in [0.717, 1.165) is 26.1 Å². The number of hydrogen-bond acceptors (Lipinski definition) is 5. The molecule has 0 rings (SSSR count). The molecule has 0 aliphatic carbocycles. The number of likely N-dealkylation sites (N-methyl/N-ethyl adjacent to an activating group) is 2. The summed E-state index contributed by atoms with van der Waals surface area (Å²) < 4.78 is 10.3. The quantitative estimate of drug-likeness (QED) is 0.586. The topological polar surface area (TPSA) is 50.8 Å². The maximum Gasteiger partial charge on any atom is 0.326 e. The van der Waals surface area contributed by atoms with Gasteiger partial charge in [0.25, 0.3) is 0 Å². The van der Waals surface area contributed by atoms with Crippen molar-refractivity contribution in [2.24, 2.45) is 0 Å². The third-order valence-corrected chi connectivity index (χ3v) is 3.61. The SMILES string of the molecule is CCNC(C)(CC(C)N(CC)CCOC)C(=O)OCC. The number of nitrogens with zero attached hydrogens (tertiary/aromatic N) is 1. The molecule has 0 aliphatic rings. The monoisotopic (exact) mass is 288 g/mol. The predicted molar refractivity (Wildman–Crippen MR) is 81.9 cm³/mol. The highest BCUT2D eigenvalue weighted by atomic mass is 16.5. The van der Waals surface area contributed by atoms with Gasteiger partial charge in [-0.1, -0.05) is 13.8 Å². The number of methoxy groups -OCH3 is 1. The van der Waals surface area contributed by atoms with Crippen LogP contribution >= 0.6 is 0 Å². The first kappa shape index (κ1) is 19.4. The van der Waals surface area contributed by atoms with Crippen molar-refractivity contribution < 1.29 is 14.3 Å². The van der Waals surface area contributed by atoms with Crippen molar-refractivity contribution in [2.75, 3.05) is 40.0 Å². The molecule has 120 valence electrons. The molecule has 0 radical (unpaired) electrons. The molecule has 0 aromatic carbocycles. The van der Waals surface area contributed by atoms with Crippen LogP contribution in [0.5, 0.6) is 0 Å². The minimum atomic E-state index is -0.634. The minimum absolute atomic E-state index is 0.170. The van der Waals surface area contributed by atoms with Crippen LogP contribution in [0.25, 0.3) is 0 Å². The third-order valence-electron chi connectivity index (χ3n) is 3.61. The van der Waals surface area contributed by atoms with Crippen molar-refractivity contribution in [1.29, 1.82) is 0 Å². The molecule has 0 amide bonds. The summed E-state index contributed by atoms with van der Waals surface area (Å²) in [5, 5.41) is 3.28. The number of carbonyl (C=O) groups excluding carboxylic acids is 1. The summed E-state index contributed by atoms with van der Waals surface area (Å²) in [4.78, 5) is 14.5. The van der Waals surface area contributed by atoms with Crippen LogP contribution in [0.4, 0.5) is 0 Å². The summed E-state index contributed by atoms with van der Waals surface area (Å²) in [6.07, 6.45) is 0.719. The zero-order chi connectivity index (χ0) is 15.6. The van der Waals surface area contributed by atoms with E-state index in [2.05, 4.69) is 24.1 Å². The van der Waals surface area contributed by atoms with Crippen LogP contribution in [0.1, 0.15) is 41.0 Å². The van der Waals surface area contributed by atoms with Gasteiger partial charge in [0.1, 0.15) is 5.54 Å². The van der Waals surface area contributed by atoms with E-state index >= 15 is 0 Å². The third kappa shape index (κ3) is 6.20. The van der Waals surface area contributed by atoms with Crippen molar-refractivity contribution in [2.45, 2.75) is 52.6 Å². The Labute approximate surface area is 124 Å². The lowest BCUT2D eigenvalue weighted by Crippen LogP contribution is -2.54. The summed E-state index contributed by atoms with van der Waals surface area (Å²) >= 11 is 0. The Morgan fingerprint density at radius 1 is 1.35 bits per heavy atom. The highest BCUT2D eigenvalue weighted by molar-refractivity contribution is 5.80. The molecule has 0 aromatic heterocycles. The summed E-state index contributed by atoms with van der Waals surface area (Å²) in [6.45, 7) is 13.7. The highest BCUT2D eigenvalue weighted by Gasteiger charge is 2.36. The molecular weight excluding hydrogens is 256 g/mol. The van der Waals surface area contributed by atoms with E-state index in [0.29, 0.717) is 13.2 Å². The van der Waals surface area contributed by atoms with Gasteiger partial charge in [-0.25, -0.2) is 0 Å². The zero-order valence-corrected chi connectivity index (χ0v) is 14.0. The maximum atomic E-state index is 12.2. The Kier molecular flexibility index (Phi) is 9.80. The first-order chi connectivity index (χ1) is 9.45. The molecular formula is C15H32N2O3. The van der Waals surface area contributed by atoms with Crippen LogP contribution in [0, 0.1) is 0 Å². The van der Waals surface area contributed by atoms with Crippen LogP contribution in [-0.4, -0.2) is 62.4 Å². The van der Waals surface area contributed by atoms with Gasteiger partial charge >= 0.3 is 5.97 Å². The first-order valence-electron chi connectivity index (χ1n) is 7.60. The van der Waals surface area contributed by atoms with Gasteiger partial charge in [-0.05, 0) is 40.3 Å². The van der Waals surface area contributed by atoms with E-state index in [1.165, 1.54) is 0 Å². The molecule has 2 atom stereocenters. The molecule has 0 spiro atoms. The lowest BCUT2D eigenvalue weighted by molar-refractivity contribution is -0.151. The smallest absolute Gasteiger partial charge is 0.326 e. The van der Waals surface area contributed by atoms with Crippen molar-refractivity contribution in [3.8, 4) is 0 Å². The molecule has 1 N–H and O–H groups in total. The van der Waals surface area contributed by atoms with Crippen LogP contribution in [0.2, 0.25) is 0 Å². The standard InChI is InChI=1S/C15H32N2O3/c1-7-16-15(5,14(18)20-9-3)12-13(4)17(8-2)10-11-19-6/h13,16H,7-12H2,1-6H3. The number of nitrogens with one attached hydrogen (secondary N) is 1. The van der Waals surface area contributed by atoms with Gasteiger partial charge in [0, 0.05) is 19.7 Å². The molecule has 5 nitrogen and oxygen atoms in total. The average molecular weight is 288 g/mol. The fourth-order valence-electron chi connectivity index (χ4n) is 2.53. The molecule has 0 saturated carbocycles. The van der Waals surface area contributed by atoms with E-state index in [9.17, 15) is 4.79 Å². The lowest BCUT2D eigenvalue weighted by atomic mass is 9.92. The van der Waals surface area contributed by atoms with Crippen molar-refractivity contribution in [1.82, 2.24) is 10.2 Å². The van der Waals surface area contributed by atoms with Gasteiger partial charge in [0.15, 0.2) is 0 Å². The van der Waals surface area contributed by atoms with Gasteiger partial charge in [-0.15, -0.1) is 0 Å². The zero-order valence-electron chi connectivity index (χ0n) is 14.0. The Balaban J connectivity index is 4.73. The second-order valence-electron chi connectivity index (χ2n) is 5.26. The van der Waals surface area contributed by atoms with E-state index < -0.39 is 5.54 Å². The molecule has 0 saturated heterocycles. The first-order valence-corrected chi connectivity index (χ1v) is 7.60. The second kappa shape index (κ2) is 10.1. The van der Waals surface area contributed by atoms with Gasteiger partial charge in [0.05, 0.1) is 13.2 Å². The molecule has 2 unspecified atom stereocenters. The van der Waals surface area contributed by atoms with E-state index in [1.807, 2.05) is 20.8 Å². The molecule has 0 bridgehead atoms. The normalized spacial score (nSPS) is 15.9. The van der Waals surface area contributed by atoms with Crippen LogP contribution in [0.3, 0.4) is 0 Å². The van der Waals surface area contributed by atoms with Crippen molar-refractivity contribution >= 4 is 5.97 Å². The Bertz CT molecular complexity index is 274. The Morgan fingerprint density at radius 2 is 2.00 bits per heavy atom. The summed E-state index contributed by atoms with van der Waals surface area (Å²) in [5.41, 5.74) is -0.634. The number of rotatable bonds is 11. The van der Waals surface area contributed by atoms with Gasteiger partial charge in [0.2, 0.25) is 0 Å². The number of hydrogen-bond donors (Lipinski definition) is 1. The molecule has 0 fully saturated rings. The van der Waals surface area contributed by atoms with E-state index in [4.69, 9.17) is 9.47 Å². The van der Waals surface area contributed by atoms with Crippen molar-refractivity contribution in [3.05, 3.63) is 0 Å². The molecule has 5 heteroatoms. The van der Waals surface area contributed by atoms with Gasteiger partial charge in [-0.2, -0.15) is 0 Å². The lowest BCUT2D eigenvalue weighted by Gasteiger charge is -2.35. The van der Waals surface area contributed by atoms with Gasteiger partial charge < -0.3 is 14.8 Å². The van der Waals surface area contributed by atoms with Crippen molar-refractivity contribution in [3.63, 3.8) is 0 Å². The second-order valence-corrected chi connectivity index (χ2v) is 5.26. The summed E-state index contributed by atoms with van der Waals surface area (Å²) in [5.74, 6) is -0.170. The summed E-state index contributed by atoms with van der Waals surface area (Å²) in [6, 6.07) is 0.281. The minimum Gasteiger partial charge on any atom is -0.465 e. The molecule has 0 heterocycles. The van der Waals surface area contributed by atoms with E-state index in [-0.39, 0.29) is 12.0 Å². The van der Waals surface area contributed by atoms with Gasteiger partial charge in [-0.3, -0.25) is 9.69 Å². The Hall–Kier alpha value is -0.650. The fourth-order valence-corrected chi connectivity index (χ4v) is 2.53. The highest BCUT2D eigenvalue weighted by Crippen LogP contribution is 2.18. The van der Waals surface area contributed by atoms with Crippen LogP contribution in [-0.2, 0) is 14.3 Å². The number of esters is 1. The maximum absolute atomic E-state index is 12.2. The molecule has 20 heavy (non-hydrogen) atoms. The number of carbonyl (C=O) groups is 1. The molecule has 0 aromatic rings. The van der Waals surface area contributed by atoms with E-state index in [1.54, 1.807) is 7.11 Å². The molecule has 0 aliphatic heterocycles. The average Bonchev–Trinajstić information content (AvgIpc) is 2.40. The number of ether oxygens (including phenoxy) is 2. The van der Waals surface area contributed by atoms with Crippen LogP contribution in [0.15, 0.2) is 0 Å². The van der Waals surface area contributed by atoms with Crippen LogP contribution < -0.4 is 5.32 Å². The fraction of sp³-hybridized carbons (Fsp3) is 0.933. The summed E-state index contributed by atoms with van der Waals surface area (Å²) in [7, 11) is 1.71. The largest absolute Gasteiger partial charge is 0.465 e. The Morgan fingerprint density at radius 3 is 2.45 bits per heavy atom.